The van der Waals surface area contributed by atoms with Gasteiger partial charge < -0.3 is 14.9 Å². The number of Topliss-reactive ketones (excluding diaryl/α,β-unsaturated/α-hetero) is 2. The number of aliphatic hydroxyl groups is 2. The molecule has 1 unspecified atom stereocenters. The Morgan fingerprint density at radius 2 is 1.60 bits per heavy atom. The number of rotatable bonds is 6. The lowest BCUT2D eigenvalue weighted by Crippen LogP contribution is -2.53. The van der Waals surface area contributed by atoms with Gasteiger partial charge in [-0.1, -0.05) is 59.7 Å². The summed E-state index contributed by atoms with van der Waals surface area (Å²) in [4.78, 5) is 51.9. The smallest absolute Gasteiger partial charge is 0.330 e. The molecule has 4 atom stereocenters. The number of H-pyrrole nitrogens is 1. The lowest BCUT2D eigenvalue weighted by atomic mass is 9.82. The van der Waals surface area contributed by atoms with E-state index in [4.69, 9.17) is 4.74 Å². The Morgan fingerprint density at radius 3 is 2.17 bits per heavy atom. The molecule has 1 aliphatic rings. The Morgan fingerprint density at radius 1 is 1.06 bits per heavy atom. The highest BCUT2D eigenvalue weighted by Crippen LogP contribution is 2.40. The molecule has 10 heteroatoms. The zero-order chi connectivity index (χ0) is 25.5. The molecule has 35 heavy (non-hydrogen) atoms. The molecule has 3 aromatic rings. The molecule has 4 rings (SSSR count). The number of ether oxygens (including phenoxy) is 1. The van der Waals surface area contributed by atoms with Crippen LogP contribution < -0.4 is 11.2 Å². The van der Waals surface area contributed by atoms with Crippen LogP contribution in [0.4, 0.5) is 4.39 Å². The number of aliphatic hydroxyl groups excluding tert-OH is 1. The number of carbonyl (C=O) groups is 2. The number of aromatic amines is 1. The number of nitrogens with zero attached hydrogens (tertiary/aromatic N) is 1. The molecule has 0 spiro atoms. The van der Waals surface area contributed by atoms with Gasteiger partial charge in [0.1, 0.15) is 18.4 Å². The average Bonchev–Trinajstić information content (AvgIpc) is 3.19. The van der Waals surface area contributed by atoms with E-state index in [0.29, 0.717) is 10.8 Å². The maximum Gasteiger partial charge on any atom is 0.330 e. The van der Waals surface area contributed by atoms with Crippen LogP contribution in [-0.4, -0.2) is 49.1 Å². The second-order valence-corrected chi connectivity index (χ2v) is 8.65. The first-order valence-corrected chi connectivity index (χ1v) is 10.8. The fraction of sp³-hybridized carbons (Fsp3) is 0.280. The molecule has 2 aromatic carbocycles. The Bertz CT molecular complexity index is 1400. The first kappa shape index (κ1) is 24.4. The van der Waals surface area contributed by atoms with Crippen LogP contribution in [0.1, 0.15) is 44.5 Å². The quantitative estimate of drug-likeness (QED) is 0.452. The molecule has 1 aromatic heterocycles. The number of nitrogens with one attached hydrogen (secondary N) is 1. The summed E-state index contributed by atoms with van der Waals surface area (Å²) in [5, 5.41) is 22.5. The van der Waals surface area contributed by atoms with Crippen molar-refractivity contribution in [2.75, 3.05) is 0 Å². The number of aryl methyl sites for hydroxylation is 2. The van der Waals surface area contributed by atoms with Crippen LogP contribution in [0, 0.1) is 19.7 Å². The average molecular weight is 482 g/mol. The standard InChI is InChI=1S/C25H23FN2O7/c1-13-3-7-15(8-4-13)19(29)20(30)22-25(34,21(31)16-9-5-14(2)6-10-16)11-18(35-22)28-12-17(26)23(32)27-24(28)33/h3-10,12,18,20,22,30,34H,11H2,1-2H3,(H,27,32,33)/t18-,20?,22-,25-/m1/s1. The van der Waals surface area contributed by atoms with E-state index in [2.05, 4.69) is 0 Å². The molecule has 1 fully saturated rings. The summed E-state index contributed by atoms with van der Waals surface area (Å²) in [7, 11) is 0. The third kappa shape index (κ3) is 4.51. The van der Waals surface area contributed by atoms with Crippen molar-refractivity contribution in [2.45, 2.75) is 44.3 Å². The summed E-state index contributed by atoms with van der Waals surface area (Å²) in [6.45, 7) is 3.62. The lowest BCUT2D eigenvalue weighted by molar-refractivity contribution is -0.0917. The number of hydrogen-bond donors (Lipinski definition) is 3. The Kier molecular flexibility index (Phi) is 6.37. The predicted octanol–water partition coefficient (Wildman–Crippen LogP) is 1.44. The van der Waals surface area contributed by atoms with Crippen molar-refractivity contribution in [1.29, 1.82) is 0 Å². The summed E-state index contributed by atoms with van der Waals surface area (Å²) < 4.78 is 20.2. The number of ketones is 2. The molecule has 0 saturated carbocycles. The minimum atomic E-state index is -2.45. The van der Waals surface area contributed by atoms with Crippen LogP contribution in [0.5, 0.6) is 0 Å². The highest BCUT2D eigenvalue weighted by Gasteiger charge is 2.57. The maximum atomic E-state index is 13.9. The zero-order valence-corrected chi connectivity index (χ0v) is 18.9. The van der Waals surface area contributed by atoms with Crippen molar-refractivity contribution in [3.63, 3.8) is 0 Å². The first-order chi connectivity index (χ1) is 16.5. The fourth-order valence-corrected chi connectivity index (χ4v) is 4.09. The third-order valence-electron chi connectivity index (χ3n) is 6.09. The lowest BCUT2D eigenvalue weighted by Gasteiger charge is -2.29. The molecule has 0 aliphatic carbocycles. The third-order valence-corrected chi connectivity index (χ3v) is 6.09. The summed E-state index contributed by atoms with van der Waals surface area (Å²) in [5.74, 6) is -2.95. The van der Waals surface area contributed by atoms with Crippen molar-refractivity contribution >= 4 is 11.6 Å². The van der Waals surface area contributed by atoms with E-state index < -0.39 is 59.1 Å². The van der Waals surface area contributed by atoms with Gasteiger partial charge in [-0.05, 0) is 13.8 Å². The van der Waals surface area contributed by atoms with Crippen molar-refractivity contribution in [1.82, 2.24) is 9.55 Å². The van der Waals surface area contributed by atoms with E-state index >= 15 is 0 Å². The monoisotopic (exact) mass is 482 g/mol. The largest absolute Gasteiger partial charge is 0.382 e. The number of halogens is 1. The van der Waals surface area contributed by atoms with Crippen LogP contribution in [-0.2, 0) is 4.74 Å². The van der Waals surface area contributed by atoms with Crippen LogP contribution in [0.3, 0.4) is 0 Å². The normalized spacial score (nSPS) is 22.7. The van der Waals surface area contributed by atoms with E-state index in [1.165, 1.54) is 24.3 Å². The zero-order valence-electron chi connectivity index (χ0n) is 18.9. The number of benzene rings is 2. The minimum Gasteiger partial charge on any atom is -0.382 e. The Labute approximate surface area is 198 Å². The Balaban J connectivity index is 1.76. The fourth-order valence-electron chi connectivity index (χ4n) is 4.09. The molecule has 1 saturated heterocycles. The predicted molar refractivity (Wildman–Crippen MR) is 122 cm³/mol. The van der Waals surface area contributed by atoms with Gasteiger partial charge in [-0.25, -0.2) is 4.79 Å². The molecule has 0 radical (unpaired) electrons. The van der Waals surface area contributed by atoms with Gasteiger partial charge in [-0.2, -0.15) is 4.39 Å². The first-order valence-electron chi connectivity index (χ1n) is 10.8. The van der Waals surface area contributed by atoms with E-state index in [1.807, 2.05) is 13.8 Å². The van der Waals surface area contributed by atoms with E-state index in [1.54, 1.807) is 29.2 Å². The molecular formula is C25H23FN2O7. The molecule has 0 amide bonds. The van der Waals surface area contributed by atoms with Crippen LogP contribution >= 0.6 is 0 Å². The van der Waals surface area contributed by atoms with Crippen LogP contribution in [0.25, 0.3) is 0 Å². The van der Waals surface area contributed by atoms with Crippen molar-refractivity contribution in [2.24, 2.45) is 0 Å². The van der Waals surface area contributed by atoms with Gasteiger partial charge in [0.05, 0.1) is 6.20 Å². The van der Waals surface area contributed by atoms with Gasteiger partial charge in [0.25, 0.3) is 5.56 Å². The summed E-state index contributed by atoms with van der Waals surface area (Å²) >= 11 is 0. The molecule has 9 nitrogen and oxygen atoms in total. The van der Waals surface area contributed by atoms with Gasteiger partial charge in [0.2, 0.25) is 5.82 Å². The molecular weight excluding hydrogens is 459 g/mol. The highest BCUT2D eigenvalue weighted by molar-refractivity contribution is 6.05. The topological polar surface area (TPSA) is 139 Å². The van der Waals surface area contributed by atoms with Gasteiger partial charge in [-0.15, -0.1) is 0 Å². The van der Waals surface area contributed by atoms with Gasteiger partial charge in [-0.3, -0.25) is 23.9 Å². The van der Waals surface area contributed by atoms with E-state index in [9.17, 15) is 33.8 Å². The van der Waals surface area contributed by atoms with Crippen LogP contribution in [0.2, 0.25) is 0 Å². The highest BCUT2D eigenvalue weighted by atomic mass is 19.1. The Hall–Kier alpha value is -3.73. The van der Waals surface area contributed by atoms with Gasteiger partial charge >= 0.3 is 5.69 Å². The molecule has 182 valence electrons. The van der Waals surface area contributed by atoms with Crippen molar-refractivity contribution in [3.8, 4) is 0 Å². The second-order valence-electron chi connectivity index (χ2n) is 8.65. The summed E-state index contributed by atoms with van der Waals surface area (Å²) in [6.07, 6.45) is -5.26. The van der Waals surface area contributed by atoms with Gasteiger partial charge in [0.15, 0.2) is 17.2 Å². The number of carbonyl (C=O) groups excluding carboxylic acids is 2. The number of hydrogen-bond acceptors (Lipinski definition) is 7. The van der Waals surface area contributed by atoms with E-state index in [-0.39, 0.29) is 11.1 Å². The molecule has 3 N–H and O–H groups in total. The molecule has 1 aliphatic heterocycles. The van der Waals surface area contributed by atoms with E-state index in [0.717, 1.165) is 11.1 Å². The molecule has 2 heterocycles. The van der Waals surface area contributed by atoms with Gasteiger partial charge in [0, 0.05) is 17.5 Å². The maximum absolute atomic E-state index is 13.9. The minimum absolute atomic E-state index is 0.0855. The second kappa shape index (κ2) is 9.14. The van der Waals surface area contributed by atoms with Crippen molar-refractivity contribution in [3.05, 3.63) is 104 Å². The summed E-state index contributed by atoms with van der Waals surface area (Å²) in [6, 6.07) is 12.5. The number of aromatic nitrogens is 2. The molecule has 0 bridgehead atoms. The SMILES string of the molecule is Cc1ccc(C(=O)C(O)[C@H]2O[C@@H](n3cc(F)c(=O)[nH]c3=O)C[C@@]2(O)C(=O)c2ccc(C)cc2)cc1. The summed E-state index contributed by atoms with van der Waals surface area (Å²) in [5.41, 5.74) is -2.82. The van der Waals surface area contributed by atoms with Crippen LogP contribution in [0.15, 0.2) is 64.3 Å². The van der Waals surface area contributed by atoms with Crippen molar-refractivity contribution < 1.29 is 28.9 Å².